The van der Waals surface area contributed by atoms with Crippen molar-refractivity contribution in [3.63, 3.8) is 0 Å². The van der Waals surface area contributed by atoms with Gasteiger partial charge in [-0.15, -0.1) is 0 Å². The summed E-state index contributed by atoms with van der Waals surface area (Å²) in [6.45, 7) is 1.44. The molecule has 2 N–H and O–H groups in total. The predicted octanol–water partition coefficient (Wildman–Crippen LogP) is 0.0500. The SMILES string of the molecule is CC(=O)N(N)C1C=CC=CN1C. The van der Waals surface area contributed by atoms with Crippen LogP contribution in [0, 0.1) is 0 Å². The Morgan fingerprint density at radius 1 is 1.58 bits per heavy atom. The molecule has 0 radical (unpaired) electrons. The molecule has 4 heteroatoms. The minimum absolute atomic E-state index is 0.146. The van der Waals surface area contributed by atoms with Crippen LogP contribution in [-0.4, -0.2) is 29.0 Å². The van der Waals surface area contributed by atoms with Crippen molar-refractivity contribution in [3.8, 4) is 0 Å². The molecule has 1 rings (SSSR count). The molecule has 0 saturated carbocycles. The van der Waals surface area contributed by atoms with Crippen molar-refractivity contribution in [2.45, 2.75) is 13.1 Å². The van der Waals surface area contributed by atoms with Crippen LogP contribution in [0.25, 0.3) is 0 Å². The molecule has 0 fully saturated rings. The summed E-state index contributed by atoms with van der Waals surface area (Å²) in [6, 6.07) is 0. The first kappa shape index (κ1) is 8.80. The Balaban J connectivity index is 2.69. The number of nitrogens with zero attached hydrogens (tertiary/aromatic N) is 2. The van der Waals surface area contributed by atoms with E-state index in [1.54, 1.807) is 0 Å². The molecule has 1 aliphatic rings. The first-order chi connectivity index (χ1) is 5.63. The van der Waals surface area contributed by atoms with Gasteiger partial charge in [0.25, 0.3) is 0 Å². The molecule has 1 atom stereocenters. The average molecular weight is 167 g/mol. The third-order valence-electron chi connectivity index (χ3n) is 1.78. The summed E-state index contributed by atoms with van der Waals surface area (Å²) in [4.78, 5) is 12.8. The van der Waals surface area contributed by atoms with E-state index in [-0.39, 0.29) is 12.1 Å². The Morgan fingerprint density at radius 2 is 2.25 bits per heavy atom. The smallest absolute Gasteiger partial charge is 0.235 e. The highest BCUT2D eigenvalue weighted by molar-refractivity contribution is 5.73. The van der Waals surface area contributed by atoms with Crippen molar-refractivity contribution >= 4 is 5.91 Å². The lowest BCUT2D eigenvalue weighted by atomic mass is 10.3. The molecule has 0 bridgehead atoms. The predicted molar refractivity (Wildman–Crippen MR) is 46.5 cm³/mol. The van der Waals surface area contributed by atoms with Gasteiger partial charge in [-0.05, 0) is 12.2 Å². The molecular formula is C8H13N3O. The first-order valence-electron chi connectivity index (χ1n) is 3.74. The van der Waals surface area contributed by atoms with Gasteiger partial charge < -0.3 is 4.90 Å². The van der Waals surface area contributed by atoms with E-state index in [0.717, 1.165) is 0 Å². The number of rotatable bonds is 1. The number of likely N-dealkylation sites (N-methyl/N-ethyl adjacent to an activating group) is 1. The molecule has 1 aliphatic heterocycles. The summed E-state index contributed by atoms with van der Waals surface area (Å²) < 4.78 is 0. The summed E-state index contributed by atoms with van der Waals surface area (Å²) in [6.07, 6.45) is 7.33. The van der Waals surface area contributed by atoms with Crippen LogP contribution < -0.4 is 5.84 Å². The van der Waals surface area contributed by atoms with Gasteiger partial charge in [-0.1, -0.05) is 6.08 Å². The Kier molecular flexibility index (Phi) is 2.50. The maximum atomic E-state index is 10.9. The quantitative estimate of drug-likeness (QED) is 0.341. The molecule has 1 amide bonds. The standard InChI is InChI=1S/C8H13N3O/c1-7(12)11(9)8-5-3-4-6-10(8)2/h3-6,8H,9H2,1-2H3. The first-order valence-corrected chi connectivity index (χ1v) is 3.74. The maximum absolute atomic E-state index is 10.9. The van der Waals surface area contributed by atoms with Gasteiger partial charge in [0.15, 0.2) is 0 Å². The number of nitrogens with two attached hydrogens (primary N) is 1. The molecule has 0 aliphatic carbocycles. The van der Waals surface area contributed by atoms with E-state index >= 15 is 0 Å². The summed E-state index contributed by atoms with van der Waals surface area (Å²) in [5.41, 5.74) is 0. The number of hydrogen-bond acceptors (Lipinski definition) is 3. The Hall–Kier alpha value is -1.29. The van der Waals surface area contributed by atoms with Crippen LogP contribution in [0.1, 0.15) is 6.92 Å². The van der Waals surface area contributed by atoms with E-state index in [0.29, 0.717) is 0 Å². The van der Waals surface area contributed by atoms with Crippen molar-refractivity contribution in [1.29, 1.82) is 0 Å². The number of allylic oxidation sites excluding steroid dienone is 2. The van der Waals surface area contributed by atoms with Crippen LogP contribution in [-0.2, 0) is 4.79 Å². The molecule has 0 saturated heterocycles. The normalized spacial score (nSPS) is 21.2. The van der Waals surface area contributed by atoms with Crippen LogP contribution in [0.3, 0.4) is 0 Å². The topological polar surface area (TPSA) is 49.6 Å². The summed E-state index contributed by atoms with van der Waals surface area (Å²) in [5.74, 6) is 5.39. The van der Waals surface area contributed by atoms with E-state index in [1.807, 2.05) is 36.4 Å². The highest BCUT2D eigenvalue weighted by Crippen LogP contribution is 2.07. The van der Waals surface area contributed by atoms with E-state index < -0.39 is 0 Å². The zero-order valence-electron chi connectivity index (χ0n) is 7.27. The zero-order chi connectivity index (χ0) is 9.14. The maximum Gasteiger partial charge on any atom is 0.235 e. The van der Waals surface area contributed by atoms with Gasteiger partial charge >= 0.3 is 0 Å². The molecular weight excluding hydrogens is 154 g/mol. The van der Waals surface area contributed by atoms with Crippen LogP contribution in [0.5, 0.6) is 0 Å². The van der Waals surface area contributed by atoms with Crippen molar-refractivity contribution < 1.29 is 4.79 Å². The minimum atomic E-state index is -0.160. The largest absolute Gasteiger partial charge is 0.356 e. The fourth-order valence-electron chi connectivity index (χ4n) is 1.05. The summed E-state index contributed by atoms with van der Waals surface area (Å²) >= 11 is 0. The van der Waals surface area contributed by atoms with Gasteiger partial charge in [0.05, 0.1) is 0 Å². The molecule has 0 spiro atoms. The molecule has 0 aromatic carbocycles. The second kappa shape index (κ2) is 3.40. The van der Waals surface area contributed by atoms with Crippen LogP contribution in [0.2, 0.25) is 0 Å². The fourth-order valence-corrected chi connectivity index (χ4v) is 1.05. The van der Waals surface area contributed by atoms with Crippen molar-refractivity contribution in [3.05, 3.63) is 24.4 Å². The number of hydrogen-bond donors (Lipinski definition) is 1. The Morgan fingerprint density at radius 3 is 2.75 bits per heavy atom. The third-order valence-corrected chi connectivity index (χ3v) is 1.78. The molecule has 66 valence electrons. The van der Waals surface area contributed by atoms with E-state index in [2.05, 4.69) is 0 Å². The van der Waals surface area contributed by atoms with Crippen LogP contribution >= 0.6 is 0 Å². The van der Waals surface area contributed by atoms with Crippen LogP contribution in [0.4, 0.5) is 0 Å². The number of amides is 1. The van der Waals surface area contributed by atoms with Gasteiger partial charge in [0.1, 0.15) is 6.17 Å². The molecule has 0 aromatic rings. The van der Waals surface area contributed by atoms with Gasteiger partial charge in [-0.3, -0.25) is 9.80 Å². The minimum Gasteiger partial charge on any atom is -0.356 e. The lowest BCUT2D eigenvalue weighted by molar-refractivity contribution is -0.132. The van der Waals surface area contributed by atoms with Crippen molar-refractivity contribution in [2.75, 3.05) is 7.05 Å². The monoisotopic (exact) mass is 167 g/mol. The molecule has 1 heterocycles. The van der Waals surface area contributed by atoms with E-state index in [1.165, 1.54) is 11.9 Å². The van der Waals surface area contributed by atoms with Crippen LogP contribution in [0.15, 0.2) is 24.4 Å². The number of hydrazine groups is 1. The highest BCUT2D eigenvalue weighted by atomic mass is 16.2. The molecule has 0 aromatic heterocycles. The van der Waals surface area contributed by atoms with E-state index in [4.69, 9.17) is 5.84 Å². The summed E-state index contributed by atoms with van der Waals surface area (Å²) in [7, 11) is 1.87. The number of carbonyl (C=O) groups excluding carboxylic acids is 1. The second-order valence-corrected chi connectivity index (χ2v) is 2.73. The molecule has 1 unspecified atom stereocenters. The Bertz CT molecular complexity index is 234. The molecule has 4 nitrogen and oxygen atoms in total. The second-order valence-electron chi connectivity index (χ2n) is 2.73. The summed E-state index contributed by atoms with van der Waals surface area (Å²) in [5, 5.41) is 1.19. The van der Waals surface area contributed by atoms with Gasteiger partial charge in [-0.2, -0.15) is 0 Å². The zero-order valence-corrected chi connectivity index (χ0v) is 7.27. The van der Waals surface area contributed by atoms with Gasteiger partial charge in [-0.25, -0.2) is 5.84 Å². The lowest BCUT2D eigenvalue weighted by Gasteiger charge is -2.32. The number of carbonyl (C=O) groups is 1. The fraction of sp³-hybridized carbons (Fsp3) is 0.375. The lowest BCUT2D eigenvalue weighted by Crippen LogP contribution is -2.50. The van der Waals surface area contributed by atoms with E-state index in [9.17, 15) is 4.79 Å². The van der Waals surface area contributed by atoms with Crippen molar-refractivity contribution in [2.24, 2.45) is 5.84 Å². The molecule has 12 heavy (non-hydrogen) atoms. The van der Waals surface area contributed by atoms with Gasteiger partial charge in [0.2, 0.25) is 5.91 Å². The van der Waals surface area contributed by atoms with Crippen molar-refractivity contribution in [1.82, 2.24) is 9.91 Å². The highest BCUT2D eigenvalue weighted by Gasteiger charge is 2.18. The van der Waals surface area contributed by atoms with Gasteiger partial charge in [0, 0.05) is 20.2 Å². The third kappa shape index (κ3) is 1.65. The average Bonchev–Trinajstić information content (AvgIpc) is 2.04. The Labute approximate surface area is 71.9 Å².